The molecule has 36 heavy (non-hydrogen) atoms. The van der Waals surface area contributed by atoms with Crippen LogP contribution in [0.3, 0.4) is 0 Å². The van der Waals surface area contributed by atoms with E-state index in [0.717, 1.165) is 0 Å². The molecule has 0 aromatic rings. The van der Waals surface area contributed by atoms with Gasteiger partial charge in [0.2, 0.25) is 0 Å². The minimum absolute atomic E-state index is 0.00192. The van der Waals surface area contributed by atoms with Crippen molar-refractivity contribution in [3.8, 4) is 0 Å². The molecular weight excluding hydrogens is 472 g/mol. The topological polar surface area (TPSA) is 132 Å². The Labute approximate surface area is 211 Å². The molecule has 3 atom stereocenters. The van der Waals surface area contributed by atoms with Crippen molar-refractivity contribution in [1.29, 1.82) is 0 Å². The fraction of sp³-hybridized carbons (Fsp3) is 0.423. The van der Waals surface area contributed by atoms with Gasteiger partial charge in [-0.25, -0.2) is 24.0 Å². The van der Waals surface area contributed by atoms with E-state index in [2.05, 4.69) is 32.9 Å². The average Bonchev–Trinajstić information content (AvgIpc) is 2.78. The Hall–Kier alpha value is -3.95. The first-order chi connectivity index (χ1) is 16.6. The van der Waals surface area contributed by atoms with E-state index in [1.54, 1.807) is 0 Å². The minimum Gasteiger partial charge on any atom is -0.462 e. The number of hydrogen-bond donors (Lipinski definition) is 0. The highest BCUT2D eigenvalue weighted by molar-refractivity contribution is 5.89. The van der Waals surface area contributed by atoms with E-state index >= 15 is 0 Å². The summed E-state index contributed by atoms with van der Waals surface area (Å²) in [5, 5.41) is 0. The zero-order chi connectivity index (χ0) is 28.2. The molecule has 0 N–H and O–H groups in total. The minimum atomic E-state index is -1.51. The van der Waals surface area contributed by atoms with Gasteiger partial charge in [0.1, 0.15) is 12.7 Å². The van der Waals surface area contributed by atoms with Crippen LogP contribution in [0.25, 0.3) is 0 Å². The summed E-state index contributed by atoms with van der Waals surface area (Å²) in [6.45, 7) is 23.6. The smallest absolute Gasteiger partial charge is 0.333 e. The van der Waals surface area contributed by atoms with E-state index in [4.69, 9.17) is 23.7 Å². The third-order valence-corrected chi connectivity index (χ3v) is 4.25. The van der Waals surface area contributed by atoms with Crippen LogP contribution in [0.1, 0.15) is 41.0 Å². The summed E-state index contributed by atoms with van der Waals surface area (Å²) in [6, 6.07) is 0. The van der Waals surface area contributed by atoms with Gasteiger partial charge >= 0.3 is 29.8 Å². The monoisotopic (exact) mass is 506 g/mol. The third kappa shape index (κ3) is 11.5. The van der Waals surface area contributed by atoms with Gasteiger partial charge in [-0.15, -0.1) is 0 Å². The quantitative estimate of drug-likeness (QED) is 0.185. The van der Waals surface area contributed by atoms with Gasteiger partial charge in [-0.1, -0.05) is 32.9 Å². The summed E-state index contributed by atoms with van der Waals surface area (Å²) in [7, 11) is 0. The first-order valence-electron chi connectivity index (χ1n) is 10.8. The Balaban J connectivity index is 6.38. The highest BCUT2D eigenvalue weighted by Crippen LogP contribution is 2.21. The van der Waals surface area contributed by atoms with E-state index in [-0.39, 0.29) is 40.9 Å². The van der Waals surface area contributed by atoms with E-state index in [1.807, 2.05) is 0 Å². The number of hydrogen-bond acceptors (Lipinski definition) is 10. The van der Waals surface area contributed by atoms with Gasteiger partial charge in [-0.05, 0) is 34.6 Å². The van der Waals surface area contributed by atoms with Crippen LogP contribution in [-0.2, 0) is 47.7 Å². The Morgan fingerprint density at radius 3 is 1.31 bits per heavy atom. The first kappa shape index (κ1) is 32.0. The lowest BCUT2D eigenvalue weighted by atomic mass is 10.0. The van der Waals surface area contributed by atoms with Crippen LogP contribution in [0.15, 0.2) is 60.8 Å². The molecule has 0 heterocycles. The lowest BCUT2D eigenvalue weighted by Crippen LogP contribution is -2.48. The lowest BCUT2D eigenvalue weighted by molar-refractivity contribution is -0.188. The number of esters is 5. The Kier molecular flexibility index (Phi) is 13.5. The summed E-state index contributed by atoms with van der Waals surface area (Å²) in [5.74, 6) is -4.15. The first-order valence-corrected chi connectivity index (χ1v) is 10.8. The van der Waals surface area contributed by atoms with Gasteiger partial charge < -0.3 is 23.7 Å². The zero-order valence-corrected chi connectivity index (χ0v) is 21.5. The number of carbonyl (C=O) groups excluding carboxylic acids is 5. The van der Waals surface area contributed by atoms with Crippen molar-refractivity contribution in [1.82, 2.24) is 0 Å². The number of rotatable bonds is 15. The SMILES string of the molecule is C=C(C)C(=O)OCCC(OC(=O)C(=C)C)C(OC(=O)C(=C)C)C(COC(=O)C(=C)C)OC(=O)C(=C)C. The molecule has 3 unspecified atom stereocenters. The van der Waals surface area contributed by atoms with E-state index < -0.39 is 54.8 Å². The maximum atomic E-state index is 12.5. The second kappa shape index (κ2) is 15.1. The molecule has 0 aromatic heterocycles. The Bertz CT molecular complexity index is 956. The van der Waals surface area contributed by atoms with Crippen molar-refractivity contribution in [2.75, 3.05) is 13.2 Å². The van der Waals surface area contributed by atoms with Gasteiger partial charge in [0.05, 0.1) is 6.61 Å². The predicted octanol–water partition coefficient (Wildman–Crippen LogP) is 3.08. The largest absolute Gasteiger partial charge is 0.462 e. The van der Waals surface area contributed by atoms with Crippen molar-refractivity contribution in [3.05, 3.63) is 60.8 Å². The van der Waals surface area contributed by atoms with Crippen molar-refractivity contribution in [3.63, 3.8) is 0 Å². The fourth-order valence-corrected chi connectivity index (χ4v) is 2.25. The fourth-order valence-electron chi connectivity index (χ4n) is 2.25. The molecule has 0 radical (unpaired) electrons. The molecule has 0 aromatic carbocycles. The van der Waals surface area contributed by atoms with Gasteiger partial charge in [0.25, 0.3) is 0 Å². The van der Waals surface area contributed by atoms with E-state index in [0.29, 0.717) is 0 Å². The highest BCUT2D eigenvalue weighted by atomic mass is 16.6. The summed E-state index contributed by atoms with van der Waals surface area (Å²) in [4.78, 5) is 61.0. The second-order valence-corrected chi connectivity index (χ2v) is 8.18. The Morgan fingerprint density at radius 2 is 0.889 bits per heavy atom. The summed E-state index contributed by atoms with van der Waals surface area (Å²) in [5.41, 5.74) is 0.209. The molecule has 0 bridgehead atoms. The summed E-state index contributed by atoms with van der Waals surface area (Å²) >= 11 is 0. The van der Waals surface area contributed by atoms with Crippen molar-refractivity contribution in [2.24, 2.45) is 0 Å². The molecule has 0 aliphatic heterocycles. The number of carbonyl (C=O) groups is 5. The maximum absolute atomic E-state index is 12.5. The molecule has 10 nitrogen and oxygen atoms in total. The van der Waals surface area contributed by atoms with Crippen molar-refractivity contribution < 1.29 is 47.7 Å². The third-order valence-electron chi connectivity index (χ3n) is 4.25. The Morgan fingerprint density at radius 1 is 0.528 bits per heavy atom. The normalized spacial score (nSPS) is 12.6. The highest BCUT2D eigenvalue weighted by Gasteiger charge is 2.39. The molecule has 0 spiro atoms. The lowest BCUT2D eigenvalue weighted by Gasteiger charge is -2.32. The molecule has 10 heteroatoms. The molecule has 0 saturated heterocycles. The van der Waals surface area contributed by atoms with E-state index in [9.17, 15) is 24.0 Å². The van der Waals surface area contributed by atoms with Crippen LogP contribution < -0.4 is 0 Å². The van der Waals surface area contributed by atoms with Gasteiger partial charge in [0, 0.05) is 34.3 Å². The van der Waals surface area contributed by atoms with Crippen LogP contribution in [-0.4, -0.2) is 61.4 Å². The number of ether oxygens (including phenoxy) is 5. The van der Waals surface area contributed by atoms with Crippen LogP contribution in [0, 0.1) is 0 Å². The average molecular weight is 507 g/mol. The van der Waals surface area contributed by atoms with Crippen LogP contribution in [0.5, 0.6) is 0 Å². The van der Waals surface area contributed by atoms with Crippen LogP contribution >= 0.6 is 0 Å². The standard InChI is InChI=1S/C26H34O10/c1-14(2)22(27)32-12-11-19(34-24(29)16(5)6)21(36-26(31)18(9)10)20(35-25(30)17(7)8)13-33-23(28)15(3)4/h19-21H,1,3,5,7,9,11-13H2,2,4,6,8,10H3. The second-order valence-electron chi connectivity index (χ2n) is 8.18. The molecular formula is C26H34O10. The molecule has 0 saturated carbocycles. The van der Waals surface area contributed by atoms with Crippen molar-refractivity contribution in [2.45, 2.75) is 59.4 Å². The van der Waals surface area contributed by atoms with Crippen molar-refractivity contribution >= 4 is 29.8 Å². The molecule has 198 valence electrons. The summed E-state index contributed by atoms with van der Waals surface area (Å²) < 4.78 is 26.5. The molecule has 0 aliphatic rings. The van der Waals surface area contributed by atoms with Crippen LogP contribution in [0.2, 0.25) is 0 Å². The van der Waals surface area contributed by atoms with Crippen LogP contribution in [0.4, 0.5) is 0 Å². The zero-order valence-electron chi connectivity index (χ0n) is 21.5. The molecule has 0 aliphatic carbocycles. The molecule has 0 rings (SSSR count). The van der Waals surface area contributed by atoms with Gasteiger partial charge in [-0.3, -0.25) is 0 Å². The maximum Gasteiger partial charge on any atom is 0.333 e. The van der Waals surface area contributed by atoms with Gasteiger partial charge in [0.15, 0.2) is 12.2 Å². The molecule has 0 amide bonds. The van der Waals surface area contributed by atoms with E-state index in [1.165, 1.54) is 34.6 Å². The summed E-state index contributed by atoms with van der Waals surface area (Å²) in [6.07, 6.45) is -4.49. The molecule has 0 fully saturated rings. The predicted molar refractivity (Wildman–Crippen MR) is 130 cm³/mol. The van der Waals surface area contributed by atoms with Gasteiger partial charge in [-0.2, -0.15) is 0 Å².